The molecule has 2 fully saturated rings. The summed E-state index contributed by atoms with van der Waals surface area (Å²) < 4.78 is 0. The molecule has 2 N–H and O–H groups in total. The number of nitrogens with one attached hydrogen (secondary N) is 2. The third-order valence-electron chi connectivity index (χ3n) is 5.78. The van der Waals surface area contributed by atoms with E-state index in [1.54, 1.807) is 0 Å². The zero-order valence-electron chi connectivity index (χ0n) is 17.7. The Labute approximate surface area is 173 Å². The summed E-state index contributed by atoms with van der Waals surface area (Å²) >= 11 is 0. The SMILES string of the molecule is CCCNC(=O)C1CCN(C(=O)NCc2ccnc(N3CCN(C)CC3)c2)CC1. The number of hydrogen-bond donors (Lipinski definition) is 2. The number of amides is 3. The number of aromatic nitrogens is 1. The number of likely N-dealkylation sites (N-methyl/N-ethyl adjacent to an activating group) is 1. The maximum absolute atomic E-state index is 12.5. The van der Waals surface area contributed by atoms with E-state index in [0.717, 1.165) is 63.4 Å². The van der Waals surface area contributed by atoms with Crippen LogP contribution in [0.3, 0.4) is 0 Å². The number of piperidine rings is 1. The van der Waals surface area contributed by atoms with Gasteiger partial charge in [0.15, 0.2) is 0 Å². The monoisotopic (exact) mass is 402 g/mol. The molecule has 2 aliphatic heterocycles. The molecular weight excluding hydrogens is 368 g/mol. The summed E-state index contributed by atoms with van der Waals surface area (Å²) in [5.41, 5.74) is 1.05. The number of hydrogen-bond acceptors (Lipinski definition) is 5. The Kier molecular flexibility index (Phi) is 7.69. The van der Waals surface area contributed by atoms with Crippen LogP contribution in [0, 0.1) is 5.92 Å². The maximum Gasteiger partial charge on any atom is 0.317 e. The van der Waals surface area contributed by atoms with Crippen LogP contribution in [0.4, 0.5) is 10.6 Å². The van der Waals surface area contributed by atoms with Gasteiger partial charge in [-0.05, 0) is 44.0 Å². The van der Waals surface area contributed by atoms with Crippen LogP contribution in [0.2, 0.25) is 0 Å². The van der Waals surface area contributed by atoms with E-state index in [1.807, 2.05) is 24.1 Å². The molecule has 2 aliphatic rings. The summed E-state index contributed by atoms with van der Waals surface area (Å²) in [7, 11) is 2.14. The number of anilines is 1. The molecule has 0 bridgehead atoms. The Balaban J connectivity index is 1.44. The van der Waals surface area contributed by atoms with Gasteiger partial charge in [-0.15, -0.1) is 0 Å². The number of carbonyl (C=O) groups excluding carboxylic acids is 2. The minimum Gasteiger partial charge on any atom is -0.356 e. The quantitative estimate of drug-likeness (QED) is 0.749. The van der Waals surface area contributed by atoms with E-state index in [0.29, 0.717) is 19.6 Å². The van der Waals surface area contributed by atoms with Gasteiger partial charge >= 0.3 is 6.03 Å². The van der Waals surface area contributed by atoms with Crippen LogP contribution in [0.25, 0.3) is 0 Å². The summed E-state index contributed by atoms with van der Waals surface area (Å²) in [6.07, 6.45) is 4.21. The number of nitrogens with zero attached hydrogens (tertiary/aromatic N) is 4. The second-order valence-corrected chi connectivity index (χ2v) is 8.02. The molecule has 0 spiro atoms. The van der Waals surface area contributed by atoms with Gasteiger partial charge in [0.25, 0.3) is 0 Å². The number of likely N-dealkylation sites (tertiary alicyclic amines) is 1. The summed E-state index contributed by atoms with van der Waals surface area (Å²) in [6.45, 7) is 8.52. The minimum atomic E-state index is -0.0598. The van der Waals surface area contributed by atoms with Crippen molar-refractivity contribution in [2.45, 2.75) is 32.7 Å². The van der Waals surface area contributed by atoms with Crippen molar-refractivity contribution in [3.8, 4) is 0 Å². The highest BCUT2D eigenvalue weighted by atomic mass is 16.2. The molecule has 0 aromatic carbocycles. The van der Waals surface area contributed by atoms with E-state index >= 15 is 0 Å². The van der Waals surface area contributed by atoms with E-state index in [2.05, 4.69) is 38.5 Å². The first-order valence-electron chi connectivity index (χ1n) is 10.8. The molecule has 3 rings (SSSR count). The van der Waals surface area contributed by atoms with Crippen molar-refractivity contribution >= 4 is 17.8 Å². The molecule has 8 heteroatoms. The van der Waals surface area contributed by atoms with E-state index in [9.17, 15) is 9.59 Å². The average Bonchev–Trinajstić information content (AvgIpc) is 2.76. The predicted molar refractivity (Wildman–Crippen MR) is 114 cm³/mol. The van der Waals surface area contributed by atoms with Crippen LogP contribution in [-0.2, 0) is 11.3 Å². The first kappa shape index (κ1) is 21.4. The number of carbonyl (C=O) groups is 2. The van der Waals surface area contributed by atoms with Gasteiger partial charge in [0.2, 0.25) is 5.91 Å². The molecule has 0 atom stereocenters. The average molecular weight is 403 g/mol. The fourth-order valence-corrected chi connectivity index (χ4v) is 3.81. The van der Waals surface area contributed by atoms with Crippen LogP contribution in [0.5, 0.6) is 0 Å². The molecule has 1 aromatic heterocycles. The van der Waals surface area contributed by atoms with Crippen molar-refractivity contribution in [3.05, 3.63) is 23.9 Å². The number of urea groups is 1. The minimum absolute atomic E-state index is 0.0249. The zero-order chi connectivity index (χ0) is 20.6. The maximum atomic E-state index is 12.5. The number of piperazine rings is 1. The van der Waals surface area contributed by atoms with Gasteiger partial charge in [0.1, 0.15) is 5.82 Å². The number of pyridine rings is 1. The predicted octanol–water partition coefficient (Wildman–Crippen LogP) is 1.28. The molecule has 0 radical (unpaired) electrons. The molecule has 0 saturated carbocycles. The van der Waals surface area contributed by atoms with Gasteiger partial charge in [-0.25, -0.2) is 9.78 Å². The highest BCUT2D eigenvalue weighted by molar-refractivity contribution is 5.79. The molecule has 0 unspecified atom stereocenters. The second kappa shape index (κ2) is 10.4. The van der Waals surface area contributed by atoms with E-state index in [1.165, 1.54) is 0 Å². The van der Waals surface area contributed by atoms with Crippen LogP contribution >= 0.6 is 0 Å². The highest BCUT2D eigenvalue weighted by Gasteiger charge is 2.27. The lowest BCUT2D eigenvalue weighted by Crippen LogP contribution is -2.46. The van der Waals surface area contributed by atoms with Crippen molar-refractivity contribution in [2.75, 3.05) is 57.8 Å². The Hall–Kier alpha value is -2.35. The molecule has 3 amide bonds. The standard InChI is InChI=1S/C21H34N6O2/c1-3-7-23-20(28)18-5-9-27(10-6-18)21(29)24-16-17-4-8-22-19(15-17)26-13-11-25(2)12-14-26/h4,8,15,18H,3,5-7,9-14,16H2,1-2H3,(H,23,28)(H,24,29). The van der Waals surface area contributed by atoms with Crippen molar-refractivity contribution < 1.29 is 9.59 Å². The lowest BCUT2D eigenvalue weighted by Gasteiger charge is -2.33. The summed E-state index contributed by atoms with van der Waals surface area (Å²) in [5.74, 6) is 1.13. The largest absolute Gasteiger partial charge is 0.356 e. The van der Waals surface area contributed by atoms with Crippen LogP contribution in [-0.4, -0.2) is 79.6 Å². The zero-order valence-corrected chi connectivity index (χ0v) is 17.7. The second-order valence-electron chi connectivity index (χ2n) is 8.02. The van der Waals surface area contributed by atoms with Gasteiger partial charge in [0, 0.05) is 64.5 Å². The third-order valence-corrected chi connectivity index (χ3v) is 5.78. The summed E-state index contributed by atoms with van der Waals surface area (Å²) in [5, 5.41) is 5.97. The normalized spacial score (nSPS) is 18.6. The molecule has 3 heterocycles. The van der Waals surface area contributed by atoms with Crippen molar-refractivity contribution in [1.29, 1.82) is 0 Å². The first-order chi connectivity index (χ1) is 14.1. The molecule has 2 saturated heterocycles. The molecule has 160 valence electrons. The Morgan fingerprint density at radius 1 is 1.10 bits per heavy atom. The van der Waals surface area contributed by atoms with Gasteiger partial charge in [0.05, 0.1) is 0 Å². The molecule has 1 aromatic rings. The lowest BCUT2D eigenvalue weighted by molar-refractivity contribution is -0.126. The van der Waals surface area contributed by atoms with Crippen molar-refractivity contribution in [1.82, 2.24) is 25.4 Å². The van der Waals surface area contributed by atoms with Crippen LogP contribution in [0.1, 0.15) is 31.7 Å². The smallest absolute Gasteiger partial charge is 0.317 e. The van der Waals surface area contributed by atoms with Crippen LogP contribution < -0.4 is 15.5 Å². The van der Waals surface area contributed by atoms with Gasteiger partial charge in [-0.1, -0.05) is 6.92 Å². The Bertz CT molecular complexity index is 682. The number of rotatable bonds is 6. The van der Waals surface area contributed by atoms with E-state index < -0.39 is 0 Å². The molecular formula is C21H34N6O2. The first-order valence-corrected chi connectivity index (χ1v) is 10.8. The van der Waals surface area contributed by atoms with Crippen molar-refractivity contribution in [3.63, 3.8) is 0 Å². The van der Waals surface area contributed by atoms with E-state index in [4.69, 9.17) is 0 Å². The lowest BCUT2D eigenvalue weighted by atomic mass is 9.96. The van der Waals surface area contributed by atoms with Gasteiger partial charge < -0.3 is 25.3 Å². The summed E-state index contributed by atoms with van der Waals surface area (Å²) in [6, 6.07) is 3.95. The fraction of sp³-hybridized carbons (Fsp3) is 0.667. The highest BCUT2D eigenvalue weighted by Crippen LogP contribution is 2.18. The Morgan fingerprint density at radius 3 is 2.52 bits per heavy atom. The molecule has 8 nitrogen and oxygen atoms in total. The van der Waals surface area contributed by atoms with Gasteiger partial charge in [-0.2, -0.15) is 0 Å². The summed E-state index contributed by atoms with van der Waals surface area (Å²) in [4.78, 5) is 35.5. The van der Waals surface area contributed by atoms with Crippen molar-refractivity contribution in [2.24, 2.45) is 5.92 Å². The van der Waals surface area contributed by atoms with Crippen LogP contribution in [0.15, 0.2) is 18.3 Å². The molecule has 29 heavy (non-hydrogen) atoms. The fourth-order valence-electron chi connectivity index (χ4n) is 3.81. The Morgan fingerprint density at radius 2 is 1.83 bits per heavy atom. The van der Waals surface area contributed by atoms with Gasteiger partial charge in [-0.3, -0.25) is 4.79 Å². The molecule has 0 aliphatic carbocycles. The topological polar surface area (TPSA) is 80.8 Å². The third kappa shape index (κ3) is 6.06. The van der Waals surface area contributed by atoms with E-state index in [-0.39, 0.29) is 17.9 Å².